The first-order chi connectivity index (χ1) is 14.2. The van der Waals surface area contributed by atoms with Crippen LogP contribution in [0.5, 0.6) is 0 Å². The van der Waals surface area contributed by atoms with E-state index < -0.39 is 0 Å². The molecule has 1 aliphatic carbocycles. The second-order valence-corrected chi connectivity index (χ2v) is 9.54. The number of nitrogens with zero attached hydrogens (tertiary/aromatic N) is 4. The first-order valence-corrected chi connectivity index (χ1v) is 11.8. The smallest absolute Gasteiger partial charge is 0.259 e. The summed E-state index contributed by atoms with van der Waals surface area (Å²) in [6.45, 7) is 3.03. The highest BCUT2D eigenvalue weighted by Crippen LogP contribution is 2.33. The summed E-state index contributed by atoms with van der Waals surface area (Å²) in [4.78, 5) is 43.5. The molecule has 3 aromatic rings. The van der Waals surface area contributed by atoms with Crippen LogP contribution in [0, 0.1) is 0 Å². The Bertz CT molecular complexity index is 1080. The number of rotatable bonds is 4. The minimum atomic E-state index is -0.0473. The minimum absolute atomic E-state index is 0.0473. The summed E-state index contributed by atoms with van der Waals surface area (Å²) in [6, 6.07) is 0. The maximum Gasteiger partial charge on any atom is 0.259 e. The van der Waals surface area contributed by atoms with E-state index in [9.17, 15) is 9.59 Å². The fourth-order valence-corrected chi connectivity index (χ4v) is 6.21. The van der Waals surface area contributed by atoms with Gasteiger partial charge in [0.1, 0.15) is 10.7 Å². The van der Waals surface area contributed by atoms with Gasteiger partial charge in [-0.15, -0.1) is 22.7 Å². The molecule has 1 aliphatic heterocycles. The molecule has 5 rings (SSSR count). The molecule has 0 unspecified atom stereocenters. The average Bonchev–Trinajstić information content (AvgIpc) is 3.40. The second kappa shape index (κ2) is 7.87. The van der Waals surface area contributed by atoms with E-state index in [0.717, 1.165) is 47.7 Å². The molecule has 0 saturated carbocycles. The van der Waals surface area contributed by atoms with Crippen molar-refractivity contribution in [2.75, 3.05) is 31.1 Å². The third-order valence-corrected chi connectivity index (χ3v) is 7.79. The van der Waals surface area contributed by atoms with Crippen LogP contribution in [0.1, 0.15) is 35.5 Å². The van der Waals surface area contributed by atoms with Gasteiger partial charge in [-0.05, 0) is 31.2 Å². The normalized spacial score (nSPS) is 17.0. The summed E-state index contributed by atoms with van der Waals surface area (Å²) in [5.74, 6) is 0.743. The number of H-pyrrole nitrogens is 1. The van der Waals surface area contributed by atoms with Crippen molar-refractivity contribution in [3.05, 3.63) is 38.2 Å². The molecular weight excluding hydrogens is 406 g/mol. The Labute approximate surface area is 176 Å². The molecule has 1 N–H and O–H groups in total. The van der Waals surface area contributed by atoms with E-state index in [1.54, 1.807) is 22.7 Å². The molecule has 1 saturated heterocycles. The van der Waals surface area contributed by atoms with Crippen molar-refractivity contribution < 1.29 is 4.79 Å². The summed E-state index contributed by atoms with van der Waals surface area (Å²) >= 11 is 3.28. The van der Waals surface area contributed by atoms with Crippen LogP contribution in [0.15, 0.2) is 16.4 Å². The number of nitrogens with one attached hydrogen (secondary N) is 1. The predicted octanol–water partition coefficient (Wildman–Crippen LogP) is 2.60. The Hall–Kier alpha value is -2.26. The number of carbonyl (C=O) groups is 1. The molecule has 0 spiro atoms. The van der Waals surface area contributed by atoms with Gasteiger partial charge in [0.25, 0.3) is 5.56 Å². The van der Waals surface area contributed by atoms with Gasteiger partial charge in [0.05, 0.1) is 5.39 Å². The van der Waals surface area contributed by atoms with Crippen molar-refractivity contribution in [3.8, 4) is 0 Å². The molecule has 2 aliphatic rings. The molecular formula is C20H23N5O2S2. The lowest BCUT2D eigenvalue weighted by atomic mass is 9.97. The molecule has 152 valence electrons. The van der Waals surface area contributed by atoms with Crippen molar-refractivity contribution in [3.63, 3.8) is 0 Å². The maximum absolute atomic E-state index is 12.6. The van der Waals surface area contributed by atoms with E-state index in [1.807, 2.05) is 16.5 Å². The van der Waals surface area contributed by atoms with Crippen molar-refractivity contribution in [2.24, 2.45) is 0 Å². The molecule has 9 heteroatoms. The van der Waals surface area contributed by atoms with E-state index in [-0.39, 0.29) is 11.5 Å². The van der Waals surface area contributed by atoms with Gasteiger partial charge in [0.15, 0.2) is 5.13 Å². The Morgan fingerprint density at radius 1 is 1.17 bits per heavy atom. The zero-order valence-electron chi connectivity index (χ0n) is 16.1. The SMILES string of the molecule is O=C(CCc1nc2sc3c(c2c(=O)[nH]1)CCCC3)N1CCN(c2nccs2)CC1. The third-order valence-electron chi connectivity index (χ3n) is 5.77. The Morgan fingerprint density at radius 2 is 2.00 bits per heavy atom. The van der Waals surface area contributed by atoms with Gasteiger partial charge < -0.3 is 14.8 Å². The number of piperazine rings is 1. The number of amides is 1. The number of aromatic nitrogens is 3. The van der Waals surface area contributed by atoms with Crippen LogP contribution >= 0.6 is 22.7 Å². The summed E-state index contributed by atoms with van der Waals surface area (Å²) in [5.41, 5.74) is 1.15. The zero-order chi connectivity index (χ0) is 19.8. The van der Waals surface area contributed by atoms with Gasteiger partial charge in [0, 0.05) is 55.5 Å². The highest BCUT2D eigenvalue weighted by atomic mass is 32.1. The van der Waals surface area contributed by atoms with E-state index >= 15 is 0 Å². The van der Waals surface area contributed by atoms with Gasteiger partial charge in [-0.25, -0.2) is 9.97 Å². The van der Waals surface area contributed by atoms with Crippen LogP contribution in [0.3, 0.4) is 0 Å². The molecule has 3 aromatic heterocycles. The summed E-state index contributed by atoms with van der Waals surface area (Å²) in [5, 5.41) is 3.77. The topological polar surface area (TPSA) is 82.2 Å². The van der Waals surface area contributed by atoms with Crippen LogP contribution in [0.4, 0.5) is 5.13 Å². The van der Waals surface area contributed by atoms with Gasteiger partial charge in [0.2, 0.25) is 5.91 Å². The molecule has 7 nitrogen and oxygen atoms in total. The average molecular weight is 430 g/mol. The standard InChI is InChI=1S/C20H23N5O2S2/c26-16(24-8-10-25(11-9-24)20-21-7-12-28-20)6-5-15-22-18(27)17-13-3-1-2-4-14(13)29-19(17)23-15/h7,12H,1-6,8-11H2,(H,22,23,27). The van der Waals surface area contributed by atoms with E-state index in [0.29, 0.717) is 31.8 Å². The summed E-state index contributed by atoms with van der Waals surface area (Å²) < 4.78 is 0. The van der Waals surface area contributed by atoms with Crippen LogP contribution in [0.25, 0.3) is 10.2 Å². The maximum atomic E-state index is 12.6. The molecule has 0 radical (unpaired) electrons. The fraction of sp³-hybridized carbons (Fsp3) is 0.500. The number of anilines is 1. The molecule has 29 heavy (non-hydrogen) atoms. The Balaban J connectivity index is 1.23. The van der Waals surface area contributed by atoms with Crippen molar-refractivity contribution in [1.82, 2.24) is 19.9 Å². The molecule has 1 amide bonds. The first kappa shape index (κ1) is 18.7. The lowest BCUT2D eigenvalue weighted by Crippen LogP contribution is -2.48. The monoisotopic (exact) mass is 429 g/mol. The van der Waals surface area contributed by atoms with Crippen molar-refractivity contribution >= 4 is 43.9 Å². The van der Waals surface area contributed by atoms with Crippen LogP contribution < -0.4 is 10.5 Å². The number of thiophene rings is 1. The Morgan fingerprint density at radius 3 is 2.79 bits per heavy atom. The Kier molecular flexibility index (Phi) is 5.09. The molecule has 0 aromatic carbocycles. The molecule has 0 atom stereocenters. The number of fused-ring (bicyclic) bond motifs is 3. The number of carbonyl (C=O) groups excluding carboxylic acids is 1. The quantitative estimate of drug-likeness (QED) is 0.689. The number of hydrogen-bond donors (Lipinski definition) is 1. The number of hydrogen-bond acceptors (Lipinski definition) is 7. The number of thiazole rings is 1. The highest BCUT2D eigenvalue weighted by Gasteiger charge is 2.23. The van der Waals surface area contributed by atoms with Gasteiger partial charge >= 0.3 is 0 Å². The van der Waals surface area contributed by atoms with Crippen molar-refractivity contribution in [2.45, 2.75) is 38.5 Å². The molecule has 1 fully saturated rings. The van der Waals surface area contributed by atoms with Crippen LogP contribution in [-0.2, 0) is 24.1 Å². The number of aryl methyl sites for hydroxylation is 3. The van der Waals surface area contributed by atoms with Crippen LogP contribution in [-0.4, -0.2) is 51.9 Å². The van der Waals surface area contributed by atoms with E-state index in [1.165, 1.54) is 16.9 Å². The molecule has 4 heterocycles. The summed E-state index contributed by atoms with van der Waals surface area (Å²) in [7, 11) is 0. The van der Waals surface area contributed by atoms with Gasteiger partial charge in [-0.2, -0.15) is 0 Å². The van der Waals surface area contributed by atoms with E-state index in [4.69, 9.17) is 0 Å². The third kappa shape index (κ3) is 3.69. The van der Waals surface area contributed by atoms with Gasteiger partial charge in [-0.1, -0.05) is 0 Å². The lowest BCUT2D eigenvalue weighted by Gasteiger charge is -2.34. The lowest BCUT2D eigenvalue weighted by molar-refractivity contribution is -0.131. The molecule has 0 bridgehead atoms. The van der Waals surface area contributed by atoms with E-state index in [2.05, 4.69) is 19.9 Å². The number of aromatic amines is 1. The highest BCUT2D eigenvalue weighted by molar-refractivity contribution is 7.18. The second-order valence-electron chi connectivity index (χ2n) is 7.59. The minimum Gasteiger partial charge on any atom is -0.345 e. The van der Waals surface area contributed by atoms with Crippen LogP contribution in [0.2, 0.25) is 0 Å². The predicted molar refractivity (Wildman–Crippen MR) is 116 cm³/mol. The zero-order valence-corrected chi connectivity index (χ0v) is 17.8. The van der Waals surface area contributed by atoms with Gasteiger partial charge in [-0.3, -0.25) is 9.59 Å². The first-order valence-electron chi connectivity index (χ1n) is 10.1. The summed E-state index contributed by atoms with van der Waals surface area (Å²) in [6.07, 6.45) is 7.02. The largest absolute Gasteiger partial charge is 0.345 e. The van der Waals surface area contributed by atoms with Crippen molar-refractivity contribution in [1.29, 1.82) is 0 Å². The fourth-order valence-electron chi connectivity index (χ4n) is 4.23.